The normalized spacial score (nSPS) is 22.2. The number of fused-ring (bicyclic) bond motifs is 1. The number of likely N-dealkylation sites (tertiary alicyclic amines) is 1. The molecule has 1 aromatic carbocycles. The Morgan fingerprint density at radius 1 is 1.23 bits per heavy atom. The zero-order chi connectivity index (χ0) is 21.3. The van der Waals surface area contributed by atoms with Crippen LogP contribution in [0.15, 0.2) is 24.3 Å². The summed E-state index contributed by atoms with van der Waals surface area (Å²) in [7, 11) is 2.20. The molecule has 6 heteroatoms. The monoisotopic (exact) mass is 412 g/mol. The van der Waals surface area contributed by atoms with Gasteiger partial charge in [-0.2, -0.15) is 5.10 Å². The van der Waals surface area contributed by atoms with Crippen LogP contribution in [0.3, 0.4) is 0 Å². The molecule has 0 bridgehead atoms. The summed E-state index contributed by atoms with van der Waals surface area (Å²) in [5.41, 5.74) is 4.46. The molecule has 30 heavy (non-hydrogen) atoms. The van der Waals surface area contributed by atoms with Crippen LogP contribution in [0.1, 0.15) is 55.1 Å². The topological polar surface area (TPSA) is 41.4 Å². The maximum absolute atomic E-state index is 13.2. The Hall–Kier alpha value is -2.21. The first kappa shape index (κ1) is 21.0. The Bertz CT molecular complexity index is 891. The van der Waals surface area contributed by atoms with Crippen molar-refractivity contribution >= 4 is 5.91 Å². The average molecular weight is 413 g/mol. The first-order chi connectivity index (χ1) is 14.4. The number of amides is 1. The van der Waals surface area contributed by atoms with Gasteiger partial charge in [0, 0.05) is 19.0 Å². The Morgan fingerprint density at radius 2 is 2.00 bits per heavy atom. The molecule has 3 heterocycles. The van der Waals surface area contributed by atoms with E-state index in [1.54, 1.807) is 12.1 Å². The Morgan fingerprint density at radius 3 is 2.73 bits per heavy atom. The fourth-order valence-corrected chi connectivity index (χ4v) is 5.07. The minimum absolute atomic E-state index is 0.228. The van der Waals surface area contributed by atoms with Crippen molar-refractivity contribution in [3.63, 3.8) is 0 Å². The summed E-state index contributed by atoms with van der Waals surface area (Å²) >= 11 is 0. The summed E-state index contributed by atoms with van der Waals surface area (Å²) in [6.07, 6.45) is 4.90. The number of carbonyl (C=O) groups excluding carboxylic acids is 1. The minimum atomic E-state index is -0.228. The van der Waals surface area contributed by atoms with Gasteiger partial charge >= 0.3 is 0 Å². The van der Waals surface area contributed by atoms with Crippen molar-refractivity contribution in [2.24, 2.45) is 5.92 Å². The van der Waals surface area contributed by atoms with Crippen LogP contribution < -0.4 is 0 Å². The van der Waals surface area contributed by atoms with Crippen molar-refractivity contribution < 1.29 is 9.18 Å². The summed E-state index contributed by atoms with van der Waals surface area (Å²) in [6.45, 7) is 7.37. The molecule has 0 aliphatic carbocycles. The molecule has 1 amide bonds. The van der Waals surface area contributed by atoms with E-state index in [1.165, 1.54) is 17.7 Å². The van der Waals surface area contributed by atoms with Crippen LogP contribution in [0, 0.1) is 18.7 Å². The highest BCUT2D eigenvalue weighted by molar-refractivity contribution is 5.76. The average Bonchev–Trinajstić information content (AvgIpc) is 3.05. The highest BCUT2D eigenvalue weighted by atomic mass is 19.1. The molecule has 2 aliphatic heterocycles. The zero-order valence-electron chi connectivity index (χ0n) is 18.4. The molecule has 162 valence electrons. The molecule has 2 aliphatic rings. The third kappa shape index (κ3) is 4.43. The second-order valence-electron chi connectivity index (χ2n) is 9.00. The summed E-state index contributed by atoms with van der Waals surface area (Å²) in [4.78, 5) is 17.6. The van der Waals surface area contributed by atoms with Crippen molar-refractivity contribution in [2.45, 2.75) is 65.1 Å². The number of aromatic nitrogens is 2. The lowest BCUT2D eigenvalue weighted by Crippen LogP contribution is -2.42. The lowest BCUT2D eigenvalue weighted by Gasteiger charge is -2.37. The van der Waals surface area contributed by atoms with Crippen molar-refractivity contribution in [1.29, 1.82) is 0 Å². The quantitative estimate of drug-likeness (QED) is 0.751. The summed E-state index contributed by atoms with van der Waals surface area (Å²) in [6, 6.07) is 7.17. The van der Waals surface area contributed by atoms with Crippen molar-refractivity contribution in [1.82, 2.24) is 19.6 Å². The maximum Gasteiger partial charge on any atom is 0.223 e. The number of hydrogen-bond acceptors (Lipinski definition) is 3. The highest BCUT2D eigenvalue weighted by Gasteiger charge is 2.30. The SMILES string of the molecule is CCC1CC(CC(=O)N2CCc3c(C)nn(Cc4ccc(F)cc4)c3C2)CCN1C. The molecule has 1 fully saturated rings. The van der Waals surface area contributed by atoms with Gasteiger partial charge in [0.15, 0.2) is 0 Å². The molecule has 2 unspecified atom stereocenters. The molecule has 0 N–H and O–H groups in total. The van der Waals surface area contributed by atoms with Gasteiger partial charge in [0.2, 0.25) is 5.91 Å². The lowest BCUT2D eigenvalue weighted by atomic mass is 9.87. The molecule has 0 radical (unpaired) electrons. The van der Waals surface area contributed by atoms with Gasteiger partial charge in [0.05, 0.1) is 24.5 Å². The largest absolute Gasteiger partial charge is 0.336 e. The second-order valence-corrected chi connectivity index (χ2v) is 9.00. The fourth-order valence-electron chi connectivity index (χ4n) is 5.07. The second kappa shape index (κ2) is 8.88. The Labute approximate surface area is 178 Å². The van der Waals surface area contributed by atoms with Crippen molar-refractivity contribution in [3.8, 4) is 0 Å². The van der Waals surface area contributed by atoms with E-state index in [9.17, 15) is 9.18 Å². The van der Waals surface area contributed by atoms with Crippen LogP contribution in [0.4, 0.5) is 4.39 Å². The summed E-state index contributed by atoms with van der Waals surface area (Å²) < 4.78 is 15.2. The number of piperidine rings is 1. The van der Waals surface area contributed by atoms with Gasteiger partial charge in [-0.05, 0) is 75.4 Å². The number of carbonyl (C=O) groups is 1. The standard InChI is InChI=1S/C24H33FN4O/c1-4-21-13-19(9-11-27(21)3)14-24(30)28-12-10-22-17(2)26-29(23(22)16-28)15-18-5-7-20(25)8-6-18/h5-8,19,21H,4,9-16H2,1-3H3. The van der Waals surface area contributed by atoms with Crippen LogP contribution in [0.5, 0.6) is 0 Å². The van der Waals surface area contributed by atoms with E-state index < -0.39 is 0 Å². The van der Waals surface area contributed by atoms with E-state index in [0.717, 1.165) is 55.7 Å². The summed E-state index contributed by atoms with van der Waals surface area (Å²) in [5.74, 6) is 0.538. The van der Waals surface area contributed by atoms with E-state index in [1.807, 2.05) is 16.5 Å². The number of halogens is 1. The number of benzene rings is 1. The van der Waals surface area contributed by atoms with Crippen LogP contribution in [0.25, 0.3) is 0 Å². The van der Waals surface area contributed by atoms with Gasteiger partial charge in [0.25, 0.3) is 0 Å². The van der Waals surface area contributed by atoms with Gasteiger partial charge in [0.1, 0.15) is 5.82 Å². The van der Waals surface area contributed by atoms with Crippen LogP contribution >= 0.6 is 0 Å². The molecule has 2 atom stereocenters. The predicted octanol–water partition coefficient (Wildman–Crippen LogP) is 3.77. The van der Waals surface area contributed by atoms with Gasteiger partial charge < -0.3 is 9.80 Å². The number of nitrogens with zero attached hydrogens (tertiary/aromatic N) is 4. The predicted molar refractivity (Wildman–Crippen MR) is 116 cm³/mol. The van der Waals surface area contributed by atoms with Gasteiger partial charge in [-0.25, -0.2) is 4.39 Å². The molecule has 2 aromatic rings. The lowest BCUT2D eigenvalue weighted by molar-refractivity contribution is -0.133. The van der Waals surface area contributed by atoms with Crippen LogP contribution in [0.2, 0.25) is 0 Å². The molecule has 1 saturated heterocycles. The van der Waals surface area contributed by atoms with Gasteiger partial charge in [-0.15, -0.1) is 0 Å². The highest BCUT2D eigenvalue weighted by Crippen LogP contribution is 2.29. The molecular weight excluding hydrogens is 379 g/mol. The number of aryl methyl sites for hydroxylation is 1. The van der Waals surface area contributed by atoms with Crippen LogP contribution in [-0.4, -0.2) is 51.7 Å². The fraction of sp³-hybridized carbons (Fsp3) is 0.583. The van der Waals surface area contributed by atoms with Gasteiger partial charge in [-0.1, -0.05) is 19.1 Å². The van der Waals surface area contributed by atoms with Crippen molar-refractivity contribution in [2.75, 3.05) is 20.1 Å². The Balaban J connectivity index is 1.43. The molecular formula is C24H33FN4O. The van der Waals surface area contributed by atoms with E-state index in [0.29, 0.717) is 31.5 Å². The molecule has 1 aromatic heterocycles. The first-order valence-electron chi connectivity index (χ1n) is 11.2. The first-order valence-corrected chi connectivity index (χ1v) is 11.2. The summed E-state index contributed by atoms with van der Waals surface area (Å²) in [5, 5.41) is 4.73. The molecule has 5 nitrogen and oxygen atoms in total. The van der Waals surface area contributed by atoms with Crippen molar-refractivity contribution in [3.05, 3.63) is 52.6 Å². The zero-order valence-corrected chi connectivity index (χ0v) is 18.4. The van der Waals surface area contributed by atoms with E-state index >= 15 is 0 Å². The minimum Gasteiger partial charge on any atom is -0.336 e. The molecule has 0 spiro atoms. The number of hydrogen-bond donors (Lipinski definition) is 0. The van der Waals surface area contributed by atoms with E-state index in [2.05, 4.69) is 18.9 Å². The van der Waals surface area contributed by atoms with Crippen LogP contribution in [-0.2, 0) is 24.3 Å². The molecule has 4 rings (SSSR count). The third-order valence-corrected chi connectivity index (χ3v) is 6.99. The van der Waals surface area contributed by atoms with E-state index in [4.69, 9.17) is 5.10 Å². The Kier molecular flexibility index (Phi) is 6.23. The maximum atomic E-state index is 13.2. The van der Waals surface area contributed by atoms with E-state index in [-0.39, 0.29) is 11.7 Å². The number of rotatable bonds is 5. The molecule has 0 saturated carbocycles. The smallest absolute Gasteiger partial charge is 0.223 e. The third-order valence-electron chi connectivity index (χ3n) is 6.99. The van der Waals surface area contributed by atoms with Gasteiger partial charge in [-0.3, -0.25) is 9.48 Å².